The van der Waals surface area contributed by atoms with Crippen LogP contribution < -0.4 is 5.32 Å². The van der Waals surface area contributed by atoms with E-state index in [4.69, 9.17) is 0 Å². The third-order valence-corrected chi connectivity index (χ3v) is 2.62. The minimum absolute atomic E-state index is 0.147. The lowest BCUT2D eigenvalue weighted by atomic mass is 10.4. The summed E-state index contributed by atoms with van der Waals surface area (Å²) in [6.45, 7) is 4.89. The van der Waals surface area contributed by atoms with E-state index in [0.717, 1.165) is 6.54 Å². The van der Waals surface area contributed by atoms with Gasteiger partial charge in [-0.15, -0.1) is 11.8 Å². The van der Waals surface area contributed by atoms with Crippen LogP contribution in [-0.4, -0.2) is 23.0 Å². The minimum atomic E-state index is 0.147. The van der Waals surface area contributed by atoms with Crippen molar-refractivity contribution in [2.24, 2.45) is 0 Å². The summed E-state index contributed by atoms with van der Waals surface area (Å²) in [5.41, 5.74) is 0. The molecule has 0 aromatic carbocycles. The van der Waals surface area contributed by atoms with Crippen LogP contribution in [0.1, 0.15) is 13.8 Å². The van der Waals surface area contributed by atoms with E-state index in [1.165, 1.54) is 0 Å². The van der Waals surface area contributed by atoms with Gasteiger partial charge in [0.2, 0.25) is 5.91 Å². The molecule has 1 N–H and O–H groups in total. The standard InChI is InChI=1S/C6H11NOS/c1-4-3-7-6(8)5(2)9-4/h4-5H,3H2,1-2H3,(H,7,8). The number of hydrogen-bond donors (Lipinski definition) is 1. The number of hydrogen-bond acceptors (Lipinski definition) is 2. The Labute approximate surface area is 59.4 Å². The fourth-order valence-electron chi connectivity index (χ4n) is 0.846. The van der Waals surface area contributed by atoms with Crippen molar-refractivity contribution in [2.75, 3.05) is 6.54 Å². The molecule has 2 unspecified atom stereocenters. The van der Waals surface area contributed by atoms with Crippen LogP contribution in [0.2, 0.25) is 0 Å². The van der Waals surface area contributed by atoms with Gasteiger partial charge in [-0.3, -0.25) is 4.79 Å². The maximum absolute atomic E-state index is 10.8. The van der Waals surface area contributed by atoms with Crippen molar-refractivity contribution in [2.45, 2.75) is 24.3 Å². The second-order valence-electron chi connectivity index (χ2n) is 2.33. The number of carbonyl (C=O) groups excluding carboxylic acids is 1. The summed E-state index contributed by atoms with van der Waals surface area (Å²) >= 11 is 1.74. The molecule has 0 saturated carbocycles. The van der Waals surface area contributed by atoms with Gasteiger partial charge in [-0.1, -0.05) is 6.92 Å². The Bertz CT molecular complexity index is 126. The van der Waals surface area contributed by atoms with E-state index in [1.807, 2.05) is 6.92 Å². The molecule has 1 saturated heterocycles. The largest absolute Gasteiger partial charge is 0.354 e. The fourth-order valence-corrected chi connectivity index (χ4v) is 1.93. The third kappa shape index (κ3) is 1.61. The first-order chi connectivity index (χ1) is 4.20. The van der Waals surface area contributed by atoms with Gasteiger partial charge in [0, 0.05) is 11.8 Å². The maximum atomic E-state index is 10.8. The van der Waals surface area contributed by atoms with Crippen LogP contribution in [0.5, 0.6) is 0 Å². The van der Waals surface area contributed by atoms with Crippen molar-refractivity contribution < 1.29 is 4.79 Å². The van der Waals surface area contributed by atoms with Crippen LogP contribution in [0.4, 0.5) is 0 Å². The van der Waals surface area contributed by atoms with E-state index in [2.05, 4.69) is 12.2 Å². The van der Waals surface area contributed by atoms with Gasteiger partial charge in [0.1, 0.15) is 0 Å². The Kier molecular flexibility index (Phi) is 2.01. The van der Waals surface area contributed by atoms with Crippen molar-refractivity contribution in [1.29, 1.82) is 0 Å². The number of carbonyl (C=O) groups is 1. The predicted molar refractivity (Wildman–Crippen MR) is 39.5 cm³/mol. The minimum Gasteiger partial charge on any atom is -0.354 e. The lowest BCUT2D eigenvalue weighted by Gasteiger charge is -2.23. The van der Waals surface area contributed by atoms with Crippen LogP contribution >= 0.6 is 11.8 Å². The number of amides is 1. The lowest BCUT2D eigenvalue weighted by molar-refractivity contribution is -0.120. The monoisotopic (exact) mass is 145 g/mol. The zero-order valence-corrected chi connectivity index (χ0v) is 6.49. The molecule has 1 heterocycles. The molecule has 1 fully saturated rings. The highest BCUT2D eigenvalue weighted by atomic mass is 32.2. The average molecular weight is 145 g/mol. The van der Waals surface area contributed by atoms with E-state index in [-0.39, 0.29) is 11.2 Å². The number of nitrogens with one attached hydrogen (secondary N) is 1. The molecule has 0 aliphatic carbocycles. The Hall–Kier alpha value is -0.180. The zero-order chi connectivity index (χ0) is 6.85. The molecule has 0 aromatic rings. The highest BCUT2D eigenvalue weighted by molar-refractivity contribution is 8.01. The summed E-state index contributed by atoms with van der Waals surface area (Å²) in [5.74, 6) is 0.179. The Morgan fingerprint density at radius 1 is 1.67 bits per heavy atom. The highest BCUT2D eigenvalue weighted by Gasteiger charge is 2.21. The van der Waals surface area contributed by atoms with E-state index in [9.17, 15) is 4.79 Å². The lowest BCUT2D eigenvalue weighted by Crippen LogP contribution is -2.41. The summed E-state index contributed by atoms with van der Waals surface area (Å²) < 4.78 is 0. The molecule has 0 bridgehead atoms. The Morgan fingerprint density at radius 2 is 2.33 bits per heavy atom. The van der Waals surface area contributed by atoms with E-state index >= 15 is 0 Å². The van der Waals surface area contributed by atoms with Gasteiger partial charge in [0.15, 0.2) is 0 Å². The van der Waals surface area contributed by atoms with Crippen LogP contribution in [0.25, 0.3) is 0 Å². The average Bonchev–Trinajstić information content (AvgIpc) is 1.80. The summed E-state index contributed by atoms with van der Waals surface area (Å²) in [6, 6.07) is 0. The molecule has 1 aliphatic rings. The quantitative estimate of drug-likeness (QED) is 0.541. The van der Waals surface area contributed by atoms with Crippen molar-refractivity contribution in [3.63, 3.8) is 0 Å². The van der Waals surface area contributed by atoms with Gasteiger partial charge in [-0.2, -0.15) is 0 Å². The van der Waals surface area contributed by atoms with E-state index in [1.54, 1.807) is 11.8 Å². The molecule has 2 atom stereocenters. The van der Waals surface area contributed by atoms with Gasteiger partial charge in [0.25, 0.3) is 0 Å². The fraction of sp³-hybridized carbons (Fsp3) is 0.833. The van der Waals surface area contributed by atoms with Crippen molar-refractivity contribution in [3.05, 3.63) is 0 Å². The normalized spacial score (nSPS) is 36.0. The van der Waals surface area contributed by atoms with Crippen LogP contribution in [0, 0.1) is 0 Å². The smallest absolute Gasteiger partial charge is 0.232 e. The van der Waals surface area contributed by atoms with Gasteiger partial charge in [-0.25, -0.2) is 0 Å². The molecule has 52 valence electrons. The Balaban J connectivity index is 2.44. The van der Waals surface area contributed by atoms with E-state index < -0.39 is 0 Å². The molecular weight excluding hydrogens is 134 g/mol. The van der Waals surface area contributed by atoms with Gasteiger partial charge in [0.05, 0.1) is 5.25 Å². The van der Waals surface area contributed by atoms with Gasteiger partial charge >= 0.3 is 0 Å². The summed E-state index contributed by atoms with van der Waals surface area (Å²) in [7, 11) is 0. The van der Waals surface area contributed by atoms with Crippen LogP contribution in [0.15, 0.2) is 0 Å². The molecular formula is C6H11NOS. The number of rotatable bonds is 0. The topological polar surface area (TPSA) is 29.1 Å². The predicted octanol–water partition coefficient (Wildman–Crippen LogP) is 0.626. The third-order valence-electron chi connectivity index (χ3n) is 1.37. The summed E-state index contributed by atoms with van der Waals surface area (Å²) in [6.07, 6.45) is 0. The van der Waals surface area contributed by atoms with Crippen molar-refractivity contribution >= 4 is 17.7 Å². The Morgan fingerprint density at radius 3 is 2.78 bits per heavy atom. The van der Waals surface area contributed by atoms with Crippen molar-refractivity contribution in [3.8, 4) is 0 Å². The molecule has 0 radical (unpaired) electrons. The van der Waals surface area contributed by atoms with E-state index in [0.29, 0.717) is 5.25 Å². The van der Waals surface area contributed by atoms with Gasteiger partial charge in [-0.05, 0) is 6.92 Å². The summed E-state index contributed by atoms with van der Waals surface area (Å²) in [4.78, 5) is 10.8. The molecule has 0 aromatic heterocycles. The molecule has 2 nitrogen and oxygen atoms in total. The maximum Gasteiger partial charge on any atom is 0.232 e. The zero-order valence-electron chi connectivity index (χ0n) is 5.68. The SMILES string of the molecule is CC1CNC(=O)C(C)S1. The van der Waals surface area contributed by atoms with Crippen molar-refractivity contribution in [1.82, 2.24) is 5.32 Å². The molecule has 1 amide bonds. The van der Waals surface area contributed by atoms with Gasteiger partial charge < -0.3 is 5.32 Å². The first kappa shape index (κ1) is 6.93. The van der Waals surface area contributed by atoms with Crippen LogP contribution in [-0.2, 0) is 4.79 Å². The molecule has 3 heteroatoms. The second-order valence-corrected chi connectivity index (χ2v) is 4.12. The molecule has 1 rings (SSSR count). The molecule has 1 aliphatic heterocycles. The molecule has 9 heavy (non-hydrogen) atoms. The first-order valence-electron chi connectivity index (χ1n) is 3.13. The second kappa shape index (κ2) is 2.60. The first-order valence-corrected chi connectivity index (χ1v) is 4.07. The number of thioether (sulfide) groups is 1. The highest BCUT2D eigenvalue weighted by Crippen LogP contribution is 2.20. The molecule has 0 spiro atoms. The van der Waals surface area contributed by atoms with Crippen LogP contribution in [0.3, 0.4) is 0 Å². The summed E-state index contributed by atoms with van der Waals surface area (Å²) in [5, 5.41) is 3.55.